The lowest BCUT2D eigenvalue weighted by Crippen LogP contribution is -2.46. The first-order valence-corrected chi connectivity index (χ1v) is 49.7. The third-order valence-electron chi connectivity index (χ3n) is 23.7. The van der Waals surface area contributed by atoms with Gasteiger partial charge in [-0.15, -0.1) is 11.3 Å². The number of ether oxygens (including phenoxy) is 11. The van der Waals surface area contributed by atoms with Crippen molar-refractivity contribution in [2.45, 2.75) is 75.0 Å². The normalized spacial score (nSPS) is 16.1. The van der Waals surface area contributed by atoms with Gasteiger partial charge < -0.3 is 112 Å². The molecule has 8 N–H and O–H groups in total. The van der Waals surface area contributed by atoms with E-state index in [4.69, 9.17) is 170 Å². The van der Waals surface area contributed by atoms with Crippen LogP contribution in [0.2, 0.25) is 25.1 Å². The molecule has 4 amide bonds. The maximum atomic E-state index is 15.1. The van der Waals surface area contributed by atoms with Crippen LogP contribution in [-0.4, -0.2) is 220 Å². The second kappa shape index (κ2) is 52.4. The minimum Gasteiger partial charge on any atom is -0.495 e. The van der Waals surface area contributed by atoms with Crippen LogP contribution in [0.5, 0.6) is 46.0 Å². The van der Waals surface area contributed by atoms with Gasteiger partial charge in [0, 0.05) is 193 Å². The van der Waals surface area contributed by atoms with Crippen molar-refractivity contribution < 1.29 is 118 Å². The second-order valence-corrected chi connectivity index (χ2v) is 37.0. The summed E-state index contributed by atoms with van der Waals surface area (Å²) in [7, 11) is 12.6. The number of nitrogens with zero attached hydrogens (tertiary/aromatic N) is 12. The van der Waals surface area contributed by atoms with Crippen LogP contribution in [0.3, 0.4) is 0 Å². The molecule has 3 fully saturated rings. The van der Waals surface area contributed by atoms with E-state index in [0.29, 0.717) is 128 Å². The quantitative estimate of drug-likeness (QED) is 0.0177. The molecule has 14 aromatic rings. The molecule has 0 radical (unpaired) electrons. The Kier molecular flexibility index (Phi) is 39.4. The van der Waals surface area contributed by atoms with Gasteiger partial charge in [-0.2, -0.15) is 10.1 Å². The van der Waals surface area contributed by atoms with Crippen LogP contribution in [0.4, 0.5) is 30.2 Å². The number of halogens is 12. The van der Waals surface area contributed by atoms with Crippen molar-refractivity contribution in [1.29, 1.82) is 0 Å². The summed E-state index contributed by atoms with van der Waals surface area (Å²) in [5, 5.41) is 60.0. The maximum Gasteiger partial charge on any atom is 0.249 e. The molecule has 8 atom stereocenters. The Balaban J connectivity index is 0.000000158. The average Bonchev–Trinajstić information content (AvgIpc) is 1.59. The average molecular weight is 2270 g/mol. The summed E-state index contributed by atoms with van der Waals surface area (Å²) in [6, 6.07) is 16.1. The topological polar surface area (TPSA) is 475 Å². The largest absolute Gasteiger partial charge is 0.495 e. The van der Waals surface area contributed by atoms with E-state index in [9.17, 15) is 44.0 Å². The molecular formula is C99H94Cl9F3N16O22S. The van der Waals surface area contributed by atoms with Crippen LogP contribution in [0, 0.1) is 29.3 Å². The van der Waals surface area contributed by atoms with Crippen LogP contribution in [0.1, 0.15) is 116 Å². The van der Waals surface area contributed by atoms with E-state index < -0.39 is 47.8 Å². The highest BCUT2D eigenvalue weighted by atomic mass is 35.5. The molecule has 12 heterocycles. The number of nitrogens with one attached hydrogen (secondary N) is 4. The number of methoxy groups -OCH3 is 8. The number of carbonyl (C=O) groups excluding carboxylic acids is 4. The number of pyridine rings is 2. The number of hydrogen-bond donors (Lipinski definition) is 8. The standard InChI is InChI=1S/C29H27Cl2FN4O6.C24H24Cl2FN3O5S.C23H20Cl3N5O5.C23H23Cl2FN4O6/c1-39-21-14-22(40-2)27(32)25(26(21)31)28(38)29-35-20-12-17(33-15-23(20)42-29)11-16-3-4-18(36-7-9-41-10-8-36)13-19(16)34-24(37)5-6-30;1-33-16-9-17(34-2)22(27)20(21(16)26)23(32)24-30-15-8-13(28-10-18(15)36-24)7-12-11-35-6-4-14(12)29-19(31)3-5-25;1-31-10-13(29-19(32)4-5-24)11(30-31)7-18-27-9-17-12(28-18)6-16(36-17)23(33)20-21(25)14(34-2)8-15(35-3)22(20)26;1-33-13-8-14(34-2)20(26)18(19(13)25)21(32)23-30-22-15(36-23)9-27-16(29-22)7-11-10-35-6-4-12(11)28-17(31)3-5-24/h3-6,12-15,28,38H,7-11H2,1-2H3,(H,34,37);3,5,8-10,12,14,23,32H,4,6-7,11H2,1-2H3,(H,29,31);4-6,8-10,23,33H,7H2,1-3H3,(H,29,32);3,5,8-9,11-12,21,32H,4,6-7,10H2,1-2H3,(H,28,31). The lowest BCUT2D eigenvalue weighted by molar-refractivity contribution is -0.119. The molecule has 3 aliphatic heterocycles. The van der Waals surface area contributed by atoms with Gasteiger partial charge in [0.25, 0.3) is 0 Å². The molecule has 0 aliphatic carbocycles. The van der Waals surface area contributed by atoms with Crippen molar-refractivity contribution in [3.63, 3.8) is 0 Å². The number of aromatic nitrogens is 11. The molecule has 3 aliphatic rings. The molecule has 5 aromatic carbocycles. The zero-order valence-corrected chi connectivity index (χ0v) is 88.4. The Bertz CT molecular complexity index is 7080. The summed E-state index contributed by atoms with van der Waals surface area (Å²) < 4.78 is 122. The number of thiazole rings is 1. The fourth-order valence-corrected chi connectivity index (χ4v) is 19.4. The number of morpholine rings is 1. The first-order valence-electron chi connectivity index (χ1n) is 45.2. The van der Waals surface area contributed by atoms with E-state index in [-0.39, 0.29) is 181 Å². The molecule has 0 bridgehead atoms. The number of amides is 4. The van der Waals surface area contributed by atoms with Gasteiger partial charge in [-0.25, -0.2) is 43.1 Å². The maximum absolute atomic E-state index is 15.1. The molecule has 8 unspecified atom stereocenters. The second-order valence-electron chi connectivity index (χ2n) is 33.0. The molecule has 150 heavy (non-hydrogen) atoms. The number of aliphatic hydroxyl groups excluding tert-OH is 4. The summed E-state index contributed by atoms with van der Waals surface area (Å²) in [6.07, 6.45) is 9.36. The van der Waals surface area contributed by atoms with Crippen LogP contribution >= 0.6 is 116 Å². The van der Waals surface area contributed by atoms with E-state index in [0.717, 1.165) is 51.3 Å². The summed E-state index contributed by atoms with van der Waals surface area (Å²) in [5.41, 5.74) is 11.2. The van der Waals surface area contributed by atoms with Crippen LogP contribution < -0.4 is 64.1 Å². The molecule has 792 valence electrons. The number of aryl methyl sites for hydroxylation is 1. The van der Waals surface area contributed by atoms with Crippen molar-refractivity contribution in [3.05, 3.63) is 260 Å². The first kappa shape index (κ1) is 113. The van der Waals surface area contributed by atoms with Crippen LogP contribution in [0.15, 0.2) is 151 Å². The Morgan fingerprint density at radius 2 is 0.927 bits per heavy atom. The van der Waals surface area contributed by atoms with E-state index in [1.54, 1.807) is 36.3 Å². The number of benzene rings is 5. The minimum atomic E-state index is -1.67. The predicted octanol–water partition coefficient (Wildman–Crippen LogP) is 17.6. The number of rotatable bonds is 33. The summed E-state index contributed by atoms with van der Waals surface area (Å²) in [4.78, 5) is 90.1. The molecular weight excluding hydrogens is 2170 g/mol. The van der Waals surface area contributed by atoms with Crippen molar-refractivity contribution in [2.75, 3.05) is 125 Å². The number of furan rings is 1. The minimum absolute atomic E-state index is 0.0113. The van der Waals surface area contributed by atoms with Gasteiger partial charge in [-0.3, -0.25) is 33.8 Å². The summed E-state index contributed by atoms with van der Waals surface area (Å²) >= 11 is 55.0. The zero-order chi connectivity index (χ0) is 107. The van der Waals surface area contributed by atoms with E-state index >= 15 is 8.78 Å². The number of anilines is 3. The fraction of sp³-hybridized carbons (Fsp3) is 0.313. The predicted molar refractivity (Wildman–Crippen MR) is 555 cm³/mol. The highest BCUT2D eigenvalue weighted by molar-refractivity contribution is 7.18. The lowest BCUT2D eigenvalue weighted by Gasteiger charge is -2.31. The van der Waals surface area contributed by atoms with Crippen molar-refractivity contribution in [2.24, 2.45) is 18.9 Å². The smallest absolute Gasteiger partial charge is 0.249 e. The Hall–Kier alpha value is -12.7. The van der Waals surface area contributed by atoms with Gasteiger partial charge in [0.2, 0.25) is 41.1 Å². The molecule has 51 heteroatoms. The Morgan fingerprint density at radius 3 is 1.47 bits per heavy atom. The lowest BCUT2D eigenvalue weighted by atomic mass is 9.91. The molecule has 3 saturated heterocycles. The van der Waals surface area contributed by atoms with Gasteiger partial charge in [0.1, 0.15) is 74.4 Å². The first-order chi connectivity index (χ1) is 72.3. The van der Waals surface area contributed by atoms with E-state index in [1.165, 1.54) is 141 Å². The van der Waals surface area contributed by atoms with Gasteiger partial charge in [0.05, 0.1) is 166 Å². The molecule has 0 spiro atoms. The summed E-state index contributed by atoms with van der Waals surface area (Å²) in [5.74, 6) is -2.79. The zero-order valence-electron chi connectivity index (χ0n) is 80.7. The molecule has 0 saturated carbocycles. The van der Waals surface area contributed by atoms with Gasteiger partial charge in [-0.05, 0) is 49.1 Å². The van der Waals surface area contributed by atoms with Crippen LogP contribution in [0.25, 0.3) is 43.6 Å². The number of carbonyl (C=O) groups is 4. The van der Waals surface area contributed by atoms with Crippen molar-refractivity contribution in [1.82, 2.24) is 65.3 Å². The molecule has 17 rings (SSSR count). The number of aliphatic hydroxyl groups is 4. The van der Waals surface area contributed by atoms with E-state index in [2.05, 4.69) is 76.1 Å². The highest BCUT2D eigenvalue weighted by Gasteiger charge is 2.37. The van der Waals surface area contributed by atoms with Gasteiger partial charge in [0.15, 0.2) is 63.7 Å². The van der Waals surface area contributed by atoms with Crippen LogP contribution in [-0.2, 0) is 66.1 Å². The third-order valence-corrected chi connectivity index (χ3v) is 27.2. The van der Waals surface area contributed by atoms with Crippen molar-refractivity contribution in [3.8, 4) is 46.0 Å². The van der Waals surface area contributed by atoms with Gasteiger partial charge in [-0.1, -0.05) is 110 Å². The van der Waals surface area contributed by atoms with Crippen molar-refractivity contribution >= 4 is 200 Å². The SMILES string of the molecule is COc1cc(OC)c(Cl)c(C(O)c2cc3nc(Cc4nn(C)cc4NC(=O)C=CCl)ncc3o2)c1Cl.COc1cc(OC)c(Cl)c(C(O)c2nc3cc(CC4COCCC4NC(=O)C=CCl)ncc3s2)c1F.COc1cc(OC)c(Cl)c(C(O)c2nc3cc(Cc4ccc(N5CCOCC5)cc4NC(=O)C=CCl)ncc3o2)c1F.COc1cc(OC)c(Cl)c(C(O)c2nc3nc(CC4COCCC4NC(=O)C=CCl)ncc3o2)c1F. The fourth-order valence-electron chi connectivity index (χ4n) is 16.3. The Morgan fingerprint density at radius 1 is 0.467 bits per heavy atom. The van der Waals surface area contributed by atoms with Gasteiger partial charge >= 0.3 is 0 Å². The monoisotopic (exact) mass is 2260 g/mol. The third kappa shape index (κ3) is 26.7. The summed E-state index contributed by atoms with van der Waals surface area (Å²) in [6.45, 7) is 4.70. The Labute approximate surface area is 901 Å². The number of fused-ring (bicyclic) bond motifs is 4. The number of oxazole rings is 2. The highest BCUT2D eigenvalue weighted by Crippen LogP contribution is 2.49. The molecule has 38 nitrogen and oxygen atoms in total. The molecule has 9 aromatic heterocycles. The number of hydrogen-bond acceptors (Lipinski definition) is 34. The van der Waals surface area contributed by atoms with E-state index in [1.807, 2.05) is 24.3 Å².